The Morgan fingerprint density at radius 3 is 2.19 bits per heavy atom. The van der Waals surface area contributed by atoms with Crippen molar-refractivity contribution in [2.24, 2.45) is 5.92 Å². The minimum absolute atomic E-state index is 0.141. The number of esters is 1. The first kappa shape index (κ1) is 19.4. The zero-order chi connectivity index (χ0) is 19.3. The molecule has 0 unspecified atom stereocenters. The van der Waals surface area contributed by atoms with E-state index in [0.29, 0.717) is 17.2 Å². The van der Waals surface area contributed by atoms with E-state index in [1.165, 1.54) is 33.5 Å². The lowest BCUT2D eigenvalue weighted by Gasteiger charge is -2.22. The molecule has 0 bridgehead atoms. The number of ether oxygens (including phenoxy) is 4. The summed E-state index contributed by atoms with van der Waals surface area (Å²) in [7, 11) is 4.32. The maximum Gasteiger partial charge on any atom is 0.338 e. The molecule has 26 heavy (non-hydrogen) atoms. The molecule has 0 radical (unpaired) electrons. The molecule has 0 spiro atoms. The van der Waals surface area contributed by atoms with E-state index in [1.54, 1.807) is 6.92 Å². The number of nitrogens with one attached hydrogen (secondary N) is 1. The molecule has 0 heterocycles. The Hall–Kier alpha value is -2.95. The third kappa shape index (κ3) is 4.17. The van der Waals surface area contributed by atoms with Crippen molar-refractivity contribution in [3.8, 4) is 23.3 Å². The van der Waals surface area contributed by atoms with E-state index in [2.05, 4.69) is 11.4 Å². The van der Waals surface area contributed by atoms with Gasteiger partial charge in [-0.2, -0.15) is 5.26 Å². The number of carbonyl (C=O) groups excluding carboxylic acids is 2. The van der Waals surface area contributed by atoms with Gasteiger partial charge in [0.1, 0.15) is 5.54 Å². The third-order valence-corrected chi connectivity index (χ3v) is 4.26. The van der Waals surface area contributed by atoms with Crippen molar-refractivity contribution in [1.29, 1.82) is 5.26 Å². The van der Waals surface area contributed by atoms with Gasteiger partial charge in [0.25, 0.3) is 5.91 Å². The van der Waals surface area contributed by atoms with Crippen LogP contribution >= 0.6 is 0 Å². The number of benzene rings is 1. The van der Waals surface area contributed by atoms with Gasteiger partial charge in [0.15, 0.2) is 18.1 Å². The van der Waals surface area contributed by atoms with Gasteiger partial charge in [-0.1, -0.05) is 0 Å². The summed E-state index contributed by atoms with van der Waals surface area (Å²) < 4.78 is 20.6. The summed E-state index contributed by atoms with van der Waals surface area (Å²) in [5.41, 5.74) is -0.784. The zero-order valence-electron chi connectivity index (χ0n) is 15.3. The molecule has 1 N–H and O–H groups in total. The normalized spacial score (nSPS) is 15.2. The Bertz CT molecular complexity index is 713. The molecule has 0 aromatic heterocycles. The number of methoxy groups -OCH3 is 3. The van der Waals surface area contributed by atoms with Crippen molar-refractivity contribution < 1.29 is 28.5 Å². The predicted octanol–water partition coefficient (Wildman–Crippen LogP) is 1.68. The van der Waals surface area contributed by atoms with Gasteiger partial charge in [-0.05, 0) is 37.8 Å². The van der Waals surface area contributed by atoms with Gasteiger partial charge in [-0.3, -0.25) is 4.79 Å². The van der Waals surface area contributed by atoms with Crippen molar-refractivity contribution in [2.45, 2.75) is 25.3 Å². The number of carbonyl (C=O) groups is 2. The van der Waals surface area contributed by atoms with Gasteiger partial charge in [-0.15, -0.1) is 0 Å². The van der Waals surface area contributed by atoms with E-state index < -0.39 is 24.0 Å². The van der Waals surface area contributed by atoms with Crippen LogP contribution in [-0.2, 0) is 9.53 Å². The summed E-state index contributed by atoms with van der Waals surface area (Å²) in [5.74, 6) is -0.157. The van der Waals surface area contributed by atoms with Crippen LogP contribution in [-0.4, -0.2) is 45.4 Å². The van der Waals surface area contributed by atoms with E-state index in [-0.39, 0.29) is 11.5 Å². The summed E-state index contributed by atoms with van der Waals surface area (Å²) in [4.78, 5) is 24.3. The SMILES string of the molecule is COc1cc(C(=O)OCC(=O)N[C@](C)(C#N)C2CC2)cc(OC)c1OC. The molecule has 1 aliphatic rings. The quantitative estimate of drug-likeness (QED) is 0.701. The molecule has 0 saturated heterocycles. The lowest BCUT2D eigenvalue weighted by atomic mass is 9.98. The Labute approximate surface area is 152 Å². The van der Waals surface area contributed by atoms with Gasteiger partial charge in [0, 0.05) is 0 Å². The lowest BCUT2D eigenvalue weighted by Crippen LogP contribution is -2.48. The number of amides is 1. The number of rotatable bonds is 8. The van der Waals surface area contributed by atoms with Crippen molar-refractivity contribution >= 4 is 11.9 Å². The van der Waals surface area contributed by atoms with Crippen molar-refractivity contribution in [3.63, 3.8) is 0 Å². The maximum absolute atomic E-state index is 12.2. The number of hydrogen-bond donors (Lipinski definition) is 1. The fraction of sp³-hybridized carbons (Fsp3) is 0.500. The summed E-state index contributed by atoms with van der Waals surface area (Å²) in [6.45, 7) is 1.18. The second kappa shape index (κ2) is 7.95. The van der Waals surface area contributed by atoms with E-state index in [4.69, 9.17) is 18.9 Å². The number of nitrogens with zero attached hydrogens (tertiary/aromatic N) is 1. The first-order valence-electron chi connectivity index (χ1n) is 8.08. The monoisotopic (exact) mass is 362 g/mol. The third-order valence-electron chi connectivity index (χ3n) is 4.26. The average molecular weight is 362 g/mol. The zero-order valence-corrected chi connectivity index (χ0v) is 15.3. The first-order valence-corrected chi connectivity index (χ1v) is 8.08. The summed E-state index contributed by atoms with van der Waals surface area (Å²) in [6.07, 6.45) is 1.80. The molecular weight excluding hydrogens is 340 g/mol. The summed E-state index contributed by atoms with van der Waals surface area (Å²) in [6, 6.07) is 4.99. The van der Waals surface area contributed by atoms with E-state index in [0.717, 1.165) is 12.8 Å². The molecule has 1 amide bonds. The standard InChI is InChI=1S/C18H22N2O6/c1-18(10-19,12-5-6-12)20-15(21)9-26-17(22)11-7-13(23-2)16(25-4)14(8-11)24-3/h7-8,12H,5-6,9H2,1-4H3,(H,20,21)/t18-/m1/s1. The molecule has 140 valence electrons. The topological polar surface area (TPSA) is 107 Å². The minimum atomic E-state index is -0.934. The van der Waals surface area contributed by atoms with E-state index >= 15 is 0 Å². The van der Waals surface area contributed by atoms with Gasteiger partial charge >= 0.3 is 5.97 Å². The van der Waals surface area contributed by atoms with Crippen LogP contribution in [0.25, 0.3) is 0 Å². The van der Waals surface area contributed by atoms with Crippen LogP contribution in [0, 0.1) is 17.2 Å². The lowest BCUT2D eigenvalue weighted by molar-refractivity contribution is -0.125. The van der Waals surface area contributed by atoms with Crippen molar-refractivity contribution in [1.82, 2.24) is 5.32 Å². The van der Waals surface area contributed by atoms with Gasteiger partial charge in [-0.25, -0.2) is 4.79 Å². The van der Waals surface area contributed by atoms with E-state index in [1.807, 2.05) is 0 Å². The highest BCUT2D eigenvalue weighted by atomic mass is 16.5. The summed E-state index contributed by atoms with van der Waals surface area (Å²) >= 11 is 0. The number of nitriles is 1. The van der Waals surface area contributed by atoms with Crippen LogP contribution in [0.1, 0.15) is 30.1 Å². The highest BCUT2D eigenvalue weighted by Crippen LogP contribution is 2.39. The van der Waals surface area contributed by atoms with Gasteiger partial charge in [0.2, 0.25) is 5.75 Å². The van der Waals surface area contributed by atoms with Crippen molar-refractivity contribution in [3.05, 3.63) is 17.7 Å². The molecule has 0 aliphatic heterocycles. The van der Waals surface area contributed by atoms with Crippen molar-refractivity contribution in [2.75, 3.05) is 27.9 Å². The molecule has 1 saturated carbocycles. The second-order valence-corrected chi connectivity index (χ2v) is 6.13. The van der Waals surface area contributed by atoms with E-state index in [9.17, 15) is 14.9 Å². The van der Waals surface area contributed by atoms with Gasteiger partial charge < -0.3 is 24.3 Å². The highest BCUT2D eigenvalue weighted by molar-refractivity contribution is 5.93. The molecule has 1 aromatic carbocycles. The fourth-order valence-electron chi connectivity index (χ4n) is 2.62. The molecule has 1 aromatic rings. The average Bonchev–Trinajstić information content (AvgIpc) is 3.50. The molecule has 2 rings (SSSR count). The molecule has 1 fully saturated rings. The molecule has 1 atom stereocenters. The Kier molecular flexibility index (Phi) is 5.93. The second-order valence-electron chi connectivity index (χ2n) is 6.13. The van der Waals surface area contributed by atoms with Crippen LogP contribution in [0.5, 0.6) is 17.2 Å². The first-order chi connectivity index (χ1) is 12.4. The van der Waals surface area contributed by atoms with Gasteiger partial charge in [0.05, 0.1) is 33.0 Å². The van der Waals surface area contributed by atoms with Crippen LogP contribution in [0.4, 0.5) is 0 Å². The summed E-state index contributed by atoms with van der Waals surface area (Å²) in [5, 5.41) is 11.9. The maximum atomic E-state index is 12.2. The molecular formula is C18H22N2O6. The van der Waals surface area contributed by atoms with Crippen LogP contribution in [0.3, 0.4) is 0 Å². The smallest absolute Gasteiger partial charge is 0.338 e. The highest BCUT2D eigenvalue weighted by Gasteiger charge is 2.43. The largest absolute Gasteiger partial charge is 0.493 e. The molecule has 8 nitrogen and oxygen atoms in total. The Morgan fingerprint density at radius 2 is 1.77 bits per heavy atom. The Balaban J connectivity index is 2.03. The fourth-order valence-corrected chi connectivity index (χ4v) is 2.62. The number of hydrogen-bond acceptors (Lipinski definition) is 7. The predicted molar refractivity (Wildman–Crippen MR) is 91.3 cm³/mol. The van der Waals surface area contributed by atoms with Crippen LogP contribution in [0.15, 0.2) is 12.1 Å². The minimum Gasteiger partial charge on any atom is -0.493 e. The molecule has 8 heteroatoms. The van der Waals surface area contributed by atoms with Crippen LogP contribution < -0.4 is 19.5 Å². The van der Waals surface area contributed by atoms with Crippen LogP contribution in [0.2, 0.25) is 0 Å². The molecule has 1 aliphatic carbocycles. The Morgan fingerprint density at radius 1 is 1.19 bits per heavy atom.